The van der Waals surface area contributed by atoms with Gasteiger partial charge in [-0.05, 0) is 0 Å². The zero-order valence-electron chi connectivity index (χ0n) is 7.21. The molecule has 0 spiro atoms. The van der Waals surface area contributed by atoms with Gasteiger partial charge in [0.2, 0.25) is 0 Å². The average Bonchev–Trinajstić information content (AvgIpc) is 2.09. The van der Waals surface area contributed by atoms with Gasteiger partial charge in [0, 0.05) is 32.4 Å². The summed E-state index contributed by atoms with van der Waals surface area (Å²) in [6.07, 6.45) is 1.37. The van der Waals surface area contributed by atoms with Crippen molar-refractivity contribution in [3.05, 3.63) is 0 Å². The van der Waals surface area contributed by atoms with Crippen molar-refractivity contribution in [1.82, 2.24) is 5.06 Å². The molecule has 68 valence electrons. The summed E-state index contributed by atoms with van der Waals surface area (Å²) in [6.45, 7) is 2.84. The number of rotatable bonds is 2. The molecular weight excluding hydrogens is 158 g/mol. The molecule has 1 saturated heterocycles. The average molecular weight is 171 g/mol. The molecule has 1 heterocycles. The molecule has 4 nitrogen and oxygen atoms in total. The van der Waals surface area contributed by atoms with Crippen LogP contribution in [0.2, 0.25) is 0 Å². The highest BCUT2D eigenvalue weighted by Gasteiger charge is 2.18. The van der Waals surface area contributed by atoms with Crippen molar-refractivity contribution in [2.45, 2.75) is 26.2 Å². The Hall–Kier alpha value is -0.900. The van der Waals surface area contributed by atoms with Crippen LogP contribution in [-0.4, -0.2) is 29.9 Å². The lowest BCUT2D eigenvalue weighted by atomic mass is 10.1. The summed E-state index contributed by atoms with van der Waals surface area (Å²) in [6, 6.07) is 0. The van der Waals surface area contributed by atoms with Crippen LogP contribution in [0.3, 0.4) is 0 Å². The van der Waals surface area contributed by atoms with Gasteiger partial charge in [0.1, 0.15) is 5.78 Å². The van der Waals surface area contributed by atoms with E-state index in [4.69, 9.17) is 4.84 Å². The number of carbonyl (C=O) groups excluding carboxylic acids is 2. The minimum atomic E-state index is -0.232. The van der Waals surface area contributed by atoms with E-state index in [1.807, 2.05) is 0 Å². The molecule has 0 amide bonds. The maximum Gasteiger partial charge on any atom is 0.324 e. The number of hydrogen-bond acceptors (Lipinski definition) is 4. The van der Waals surface area contributed by atoms with Gasteiger partial charge in [-0.2, -0.15) is 0 Å². The highest BCUT2D eigenvalue weighted by Crippen LogP contribution is 2.06. The summed E-state index contributed by atoms with van der Waals surface area (Å²) in [5.74, 6) is 0.0168. The highest BCUT2D eigenvalue weighted by atomic mass is 16.7. The Balaban J connectivity index is 2.26. The largest absolute Gasteiger partial charge is 0.368 e. The van der Waals surface area contributed by atoms with Gasteiger partial charge in [0.25, 0.3) is 0 Å². The molecule has 0 N–H and O–H groups in total. The number of ketones is 1. The van der Waals surface area contributed by atoms with E-state index in [0.29, 0.717) is 32.4 Å². The number of hydrogen-bond donors (Lipinski definition) is 0. The Morgan fingerprint density at radius 1 is 1.50 bits per heavy atom. The van der Waals surface area contributed by atoms with Crippen molar-refractivity contribution in [3.63, 3.8) is 0 Å². The Bertz CT molecular complexity index is 181. The Morgan fingerprint density at radius 2 is 2.08 bits per heavy atom. The van der Waals surface area contributed by atoms with Crippen molar-refractivity contribution in [2.75, 3.05) is 13.1 Å². The molecule has 1 aliphatic heterocycles. The quantitative estimate of drug-likeness (QED) is 0.607. The predicted molar refractivity (Wildman–Crippen MR) is 42.2 cm³/mol. The molecule has 0 aliphatic carbocycles. The number of nitrogens with zero attached hydrogens (tertiary/aromatic N) is 1. The second-order valence-electron chi connectivity index (χ2n) is 2.78. The molecule has 1 fully saturated rings. The van der Waals surface area contributed by atoms with Gasteiger partial charge >= 0.3 is 5.97 Å². The number of hydroxylamine groups is 2. The van der Waals surface area contributed by atoms with Gasteiger partial charge in [-0.25, -0.2) is 0 Å². The summed E-state index contributed by atoms with van der Waals surface area (Å²) in [4.78, 5) is 26.5. The molecule has 0 saturated carbocycles. The van der Waals surface area contributed by atoms with Gasteiger partial charge in [0.15, 0.2) is 0 Å². The van der Waals surface area contributed by atoms with Crippen LogP contribution in [0.5, 0.6) is 0 Å². The second kappa shape index (κ2) is 4.21. The lowest BCUT2D eigenvalue weighted by Gasteiger charge is -2.23. The summed E-state index contributed by atoms with van der Waals surface area (Å²) in [5, 5.41) is 1.56. The molecular formula is C8H13NO3. The molecule has 1 rings (SSSR count). The van der Waals surface area contributed by atoms with E-state index in [-0.39, 0.29) is 11.8 Å². The zero-order valence-corrected chi connectivity index (χ0v) is 7.21. The third-order valence-corrected chi connectivity index (χ3v) is 1.80. The molecule has 0 aromatic rings. The van der Waals surface area contributed by atoms with E-state index >= 15 is 0 Å². The van der Waals surface area contributed by atoms with Crippen LogP contribution >= 0.6 is 0 Å². The zero-order chi connectivity index (χ0) is 8.97. The fourth-order valence-electron chi connectivity index (χ4n) is 1.04. The second-order valence-corrected chi connectivity index (χ2v) is 2.78. The molecule has 0 unspecified atom stereocenters. The monoisotopic (exact) mass is 171 g/mol. The van der Waals surface area contributed by atoms with Gasteiger partial charge in [0.05, 0.1) is 0 Å². The minimum absolute atomic E-state index is 0.232. The van der Waals surface area contributed by atoms with Crippen molar-refractivity contribution < 1.29 is 14.4 Å². The van der Waals surface area contributed by atoms with Gasteiger partial charge < -0.3 is 4.84 Å². The summed E-state index contributed by atoms with van der Waals surface area (Å²) in [5.41, 5.74) is 0. The van der Waals surface area contributed by atoms with E-state index < -0.39 is 0 Å². The van der Waals surface area contributed by atoms with Gasteiger partial charge in [-0.15, -0.1) is 5.06 Å². The Morgan fingerprint density at radius 3 is 2.58 bits per heavy atom. The van der Waals surface area contributed by atoms with Crippen LogP contribution in [0, 0.1) is 0 Å². The number of carbonyl (C=O) groups is 2. The Labute approximate surface area is 71.4 Å². The number of Topliss-reactive ketones (excluding diaryl/α,β-unsaturated/α-hetero) is 1. The van der Waals surface area contributed by atoms with E-state index in [0.717, 1.165) is 0 Å². The van der Waals surface area contributed by atoms with Crippen molar-refractivity contribution >= 4 is 11.8 Å². The molecule has 0 atom stereocenters. The lowest BCUT2D eigenvalue weighted by Crippen LogP contribution is -2.35. The van der Waals surface area contributed by atoms with Crippen LogP contribution in [0.25, 0.3) is 0 Å². The van der Waals surface area contributed by atoms with Gasteiger partial charge in [-0.3, -0.25) is 9.59 Å². The highest BCUT2D eigenvalue weighted by molar-refractivity contribution is 5.79. The van der Waals surface area contributed by atoms with E-state index in [1.54, 1.807) is 12.0 Å². The third-order valence-electron chi connectivity index (χ3n) is 1.80. The fraction of sp³-hybridized carbons (Fsp3) is 0.750. The van der Waals surface area contributed by atoms with Crippen molar-refractivity contribution in [3.8, 4) is 0 Å². The molecule has 4 heteroatoms. The Kier molecular flexibility index (Phi) is 3.22. The summed E-state index contributed by atoms with van der Waals surface area (Å²) >= 11 is 0. The molecule has 0 radical (unpaired) electrons. The molecule has 1 aliphatic rings. The fourth-order valence-corrected chi connectivity index (χ4v) is 1.04. The maximum absolute atomic E-state index is 10.8. The van der Waals surface area contributed by atoms with E-state index in [9.17, 15) is 9.59 Å². The van der Waals surface area contributed by atoms with Crippen molar-refractivity contribution in [2.24, 2.45) is 0 Å². The lowest BCUT2D eigenvalue weighted by molar-refractivity contribution is -0.194. The van der Waals surface area contributed by atoms with Gasteiger partial charge in [-0.1, -0.05) is 6.92 Å². The summed E-state index contributed by atoms with van der Waals surface area (Å²) < 4.78 is 0. The first kappa shape index (κ1) is 9.19. The van der Waals surface area contributed by atoms with Crippen LogP contribution < -0.4 is 0 Å². The smallest absolute Gasteiger partial charge is 0.324 e. The standard InChI is InChI=1S/C8H13NO3/c1-2-8(11)12-9-5-3-7(10)4-6-9/h2-6H2,1H3. The summed E-state index contributed by atoms with van der Waals surface area (Å²) in [7, 11) is 0. The third kappa shape index (κ3) is 2.62. The van der Waals surface area contributed by atoms with Crippen LogP contribution in [0.15, 0.2) is 0 Å². The first-order chi connectivity index (χ1) is 5.72. The minimum Gasteiger partial charge on any atom is -0.368 e. The van der Waals surface area contributed by atoms with Crippen LogP contribution in [-0.2, 0) is 14.4 Å². The first-order valence-electron chi connectivity index (χ1n) is 4.20. The molecule has 0 aromatic carbocycles. The van der Waals surface area contributed by atoms with Crippen LogP contribution in [0.4, 0.5) is 0 Å². The number of piperidine rings is 1. The van der Waals surface area contributed by atoms with Crippen LogP contribution in [0.1, 0.15) is 26.2 Å². The molecule has 12 heavy (non-hydrogen) atoms. The maximum atomic E-state index is 10.8. The molecule has 0 aromatic heterocycles. The predicted octanol–water partition coefficient (Wildman–Crippen LogP) is 0.520. The topological polar surface area (TPSA) is 46.6 Å². The SMILES string of the molecule is CCC(=O)ON1CCC(=O)CC1. The molecule has 0 bridgehead atoms. The van der Waals surface area contributed by atoms with Crippen molar-refractivity contribution in [1.29, 1.82) is 0 Å². The first-order valence-corrected chi connectivity index (χ1v) is 4.20. The van der Waals surface area contributed by atoms with E-state index in [1.165, 1.54) is 0 Å². The van der Waals surface area contributed by atoms with E-state index in [2.05, 4.69) is 0 Å². The normalized spacial score (nSPS) is 19.2.